The molecule has 3 aromatic heterocycles. The minimum absolute atomic E-state index is 0.0911. The molecule has 170 valence electrons. The summed E-state index contributed by atoms with van der Waals surface area (Å²) >= 11 is 0. The van der Waals surface area contributed by atoms with Gasteiger partial charge in [0.25, 0.3) is 0 Å². The van der Waals surface area contributed by atoms with E-state index in [-0.39, 0.29) is 5.69 Å². The van der Waals surface area contributed by atoms with E-state index in [1.807, 2.05) is 39.6 Å². The molecular formula is C25H29N7O. The summed E-state index contributed by atoms with van der Waals surface area (Å²) in [6.07, 6.45) is 9.22. The second kappa shape index (κ2) is 9.13. The van der Waals surface area contributed by atoms with Crippen molar-refractivity contribution in [3.8, 4) is 22.5 Å². The molecule has 33 heavy (non-hydrogen) atoms. The van der Waals surface area contributed by atoms with Gasteiger partial charge in [-0.05, 0) is 59.7 Å². The molecule has 1 fully saturated rings. The molecule has 0 radical (unpaired) electrons. The largest absolute Gasteiger partial charge is 0.328 e. The third-order valence-electron chi connectivity index (χ3n) is 6.58. The molecule has 1 N–H and O–H groups in total. The van der Waals surface area contributed by atoms with Gasteiger partial charge in [0.15, 0.2) is 0 Å². The van der Waals surface area contributed by atoms with E-state index in [0.717, 1.165) is 60.2 Å². The van der Waals surface area contributed by atoms with Crippen LogP contribution in [0.1, 0.15) is 57.0 Å². The highest BCUT2D eigenvalue weighted by Gasteiger charge is 2.38. The summed E-state index contributed by atoms with van der Waals surface area (Å²) in [5, 5.41) is 14.3. The quantitative estimate of drug-likeness (QED) is 0.417. The number of pyridine rings is 1. The van der Waals surface area contributed by atoms with Crippen molar-refractivity contribution in [2.45, 2.75) is 58.5 Å². The zero-order valence-corrected chi connectivity index (χ0v) is 19.1. The van der Waals surface area contributed by atoms with Gasteiger partial charge in [0.05, 0.1) is 12.2 Å². The molecule has 5 rings (SSSR count). The number of aromatic amines is 1. The van der Waals surface area contributed by atoms with Crippen LogP contribution in [-0.2, 0) is 13.0 Å². The van der Waals surface area contributed by atoms with Crippen molar-refractivity contribution in [1.29, 1.82) is 0 Å². The predicted molar refractivity (Wildman–Crippen MR) is 127 cm³/mol. The first kappa shape index (κ1) is 21.3. The lowest BCUT2D eigenvalue weighted by atomic mass is 10.0. The van der Waals surface area contributed by atoms with Crippen LogP contribution in [0.15, 0.2) is 53.6 Å². The minimum atomic E-state index is 0.0911. The Morgan fingerprint density at radius 1 is 1.12 bits per heavy atom. The minimum Gasteiger partial charge on any atom is -0.296 e. The Hall–Kier alpha value is -3.55. The standard InChI is InChI=1S/C25H29N7O/c1-3-5-9-22-16-32(23-14-17(23)4-2)25(33)31(22)15-21-13-19(10-11-26-21)18-7-6-8-20(12-18)24-27-29-30-28-24/h6-8,10-13,16-17,23H,3-5,9,14-15H2,1-2H3,(H,27,28,29,30). The van der Waals surface area contributed by atoms with E-state index in [2.05, 4.69) is 57.8 Å². The summed E-state index contributed by atoms with van der Waals surface area (Å²) in [5.74, 6) is 1.19. The van der Waals surface area contributed by atoms with Crippen molar-refractivity contribution >= 4 is 0 Å². The molecule has 0 bridgehead atoms. The van der Waals surface area contributed by atoms with Gasteiger partial charge in [-0.1, -0.05) is 44.9 Å². The van der Waals surface area contributed by atoms with E-state index in [4.69, 9.17) is 0 Å². The average molecular weight is 444 g/mol. The van der Waals surface area contributed by atoms with Crippen LogP contribution in [0.2, 0.25) is 0 Å². The second-order valence-electron chi connectivity index (χ2n) is 8.82. The monoisotopic (exact) mass is 443 g/mol. The summed E-state index contributed by atoms with van der Waals surface area (Å²) in [4.78, 5) is 17.9. The van der Waals surface area contributed by atoms with Gasteiger partial charge in [-0.25, -0.2) is 4.79 Å². The predicted octanol–water partition coefficient (Wildman–Crippen LogP) is 4.25. The maximum Gasteiger partial charge on any atom is 0.328 e. The fraction of sp³-hybridized carbons (Fsp3) is 0.400. The van der Waals surface area contributed by atoms with E-state index in [9.17, 15) is 4.79 Å². The van der Waals surface area contributed by atoms with E-state index in [1.54, 1.807) is 0 Å². The number of tetrazole rings is 1. The number of imidazole rings is 1. The number of nitrogens with zero attached hydrogens (tertiary/aromatic N) is 6. The second-order valence-corrected chi connectivity index (χ2v) is 8.82. The number of H-pyrrole nitrogens is 1. The fourth-order valence-electron chi connectivity index (χ4n) is 4.55. The average Bonchev–Trinajstić information content (AvgIpc) is 3.28. The van der Waals surface area contributed by atoms with E-state index < -0.39 is 0 Å². The van der Waals surface area contributed by atoms with Crippen molar-refractivity contribution in [2.24, 2.45) is 5.92 Å². The van der Waals surface area contributed by atoms with Crippen molar-refractivity contribution < 1.29 is 0 Å². The van der Waals surface area contributed by atoms with Gasteiger partial charge in [-0.3, -0.25) is 14.1 Å². The van der Waals surface area contributed by atoms with Gasteiger partial charge < -0.3 is 0 Å². The summed E-state index contributed by atoms with van der Waals surface area (Å²) < 4.78 is 3.89. The first-order chi connectivity index (χ1) is 16.2. The molecule has 2 atom stereocenters. The van der Waals surface area contributed by atoms with Crippen LogP contribution in [0.4, 0.5) is 0 Å². The van der Waals surface area contributed by atoms with Crippen LogP contribution in [0.25, 0.3) is 22.5 Å². The highest BCUT2D eigenvalue weighted by Crippen LogP contribution is 2.44. The molecule has 3 heterocycles. The Bertz CT molecular complexity index is 1290. The molecule has 1 aromatic carbocycles. The molecule has 8 heteroatoms. The van der Waals surface area contributed by atoms with Crippen LogP contribution in [0, 0.1) is 5.92 Å². The fourth-order valence-corrected chi connectivity index (χ4v) is 4.55. The first-order valence-electron chi connectivity index (χ1n) is 11.8. The SMILES string of the molecule is CCCCc1cn(C2CC2CC)c(=O)n1Cc1cc(-c2cccc(-c3nn[nH]n3)c2)ccn1. The third kappa shape index (κ3) is 4.37. The Balaban J connectivity index is 1.44. The Morgan fingerprint density at radius 3 is 2.73 bits per heavy atom. The van der Waals surface area contributed by atoms with Gasteiger partial charge in [-0.15, -0.1) is 10.2 Å². The number of hydrogen-bond donors (Lipinski definition) is 1. The number of rotatable bonds is 9. The lowest BCUT2D eigenvalue weighted by Crippen LogP contribution is -2.25. The molecule has 1 aliphatic carbocycles. The third-order valence-corrected chi connectivity index (χ3v) is 6.58. The van der Waals surface area contributed by atoms with Crippen LogP contribution in [0.3, 0.4) is 0 Å². The molecule has 2 unspecified atom stereocenters. The zero-order chi connectivity index (χ0) is 22.8. The lowest BCUT2D eigenvalue weighted by Gasteiger charge is -2.09. The molecule has 0 amide bonds. The Kier molecular flexibility index (Phi) is 5.90. The van der Waals surface area contributed by atoms with E-state index in [1.165, 1.54) is 0 Å². The number of unbranched alkanes of at least 4 members (excludes halogenated alkanes) is 1. The first-order valence-corrected chi connectivity index (χ1v) is 11.8. The van der Waals surface area contributed by atoms with Crippen molar-refractivity contribution in [1.82, 2.24) is 34.7 Å². The molecule has 0 spiro atoms. The lowest BCUT2D eigenvalue weighted by molar-refractivity contribution is 0.595. The number of nitrogens with one attached hydrogen (secondary N) is 1. The van der Waals surface area contributed by atoms with Crippen molar-refractivity contribution in [3.63, 3.8) is 0 Å². The smallest absolute Gasteiger partial charge is 0.296 e. The van der Waals surface area contributed by atoms with Gasteiger partial charge in [0.1, 0.15) is 0 Å². The van der Waals surface area contributed by atoms with Gasteiger partial charge in [0.2, 0.25) is 5.82 Å². The molecule has 0 aliphatic heterocycles. The van der Waals surface area contributed by atoms with Crippen LogP contribution in [-0.4, -0.2) is 34.7 Å². The maximum atomic E-state index is 13.3. The molecule has 4 aromatic rings. The molecule has 0 saturated heterocycles. The van der Waals surface area contributed by atoms with Gasteiger partial charge in [0, 0.05) is 29.7 Å². The van der Waals surface area contributed by atoms with Crippen molar-refractivity contribution in [3.05, 3.63) is 70.7 Å². The number of benzene rings is 1. The van der Waals surface area contributed by atoms with Crippen LogP contribution < -0.4 is 5.69 Å². The van der Waals surface area contributed by atoms with Crippen molar-refractivity contribution in [2.75, 3.05) is 0 Å². The summed E-state index contributed by atoms with van der Waals surface area (Å²) in [6.45, 7) is 4.86. The summed E-state index contributed by atoms with van der Waals surface area (Å²) in [5.41, 5.74) is 5.05. The summed E-state index contributed by atoms with van der Waals surface area (Å²) in [7, 11) is 0. The van der Waals surface area contributed by atoms with Crippen LogP contribution >= 0.6 is 0 Å². The molecule has 1 saturated carbocycles. The van der Waals surface area contributed by atoms with Crippen LogP contribution in [0.5, 0.6) is 0 Å². The Labute approximate surface area is 192 Å². The Morgan fingerprint density at radius 2 is 1.97 bits per heavy atom. The topological polar surface area (TPSA) is 94.3 Å². The normalized spacial score (nSPS) is 17.4. The summed E-state index contributed by atoms with van der Waals surface area (Å²) in [6, 6.07) is 12.4. The highest BCUT2D eigenvalue weighted by molar-refractivity contribution is 5.70. The van der Waals surface area contributed by atoms with Gasteiger partial charge >= 0.3 is 5.69 Å². The number of aryl methyl sites for hydroxylation is 1. The molecule has 8 nitrogen and oxygen atoms in total. The van der Waals surface area contributed by atoms with E-state index in [0.29, 0.717) is 24.3 Å². The molecular weight excluding hydrogens is 414 g/mol. The highest BCUT2D eigenvalue weighted by atomic mass is 16.1. The number of aromatic nitrogens is 7. The van der Waals surface area contributed by atoms with E-state index >= 15 is 0 Å². The number of hydrogen-bond acceptors (Lipinski definition) is 5. The maximum absolute atomic E-state index is 13.3. The molecule has 1 aliphatic rings. The zero-order valence-electron chi connectivity index (χ0n) is 19.1. The van der Waals surface area contributed by atoms with Gasteiger partial charge in [-0.2, -0.15) is 5.21 Å².